The molecule has 2 aromatic heterocycles. The predicted octanol–water partition coefficient (Wildman–Crippen LogP) is 4.48. The molecule has 202 valence electrons. The molecule has 13 heteroatoms. The molecular formula is C26H26N6O7. The Morgan fingerprint density at radius 1 is 1.18 bits per heavy atom. The van der Waals surface area contributed by atoms with Crippen molar-refractivity contribution in [1.29, 1.82) is 0 Å². The fraction of sp³-hybridized carbons (Fsp3) is 0.269. The number of nitrogens with one attached hydrogen (secondary N) is 2. The molecule has 1 aliphatic rings. The van der Waals surface area contributed by atoms with Gasteiger partial charge in [0.2, 0.25) is 11.7 Å². The number of hydrogen-bond donors (Lipinski definition) is 3. The van der Waals surface area contributed by atoms with E-state index in [0.29, 0.717) is 18.5 Å². The number of amides is 1. The lowest BCUT2D eigenvalue weighted by molar-refractivity contribution is -0.385. The van der Waals surface area contributed by atoms with Crippen LogP contribution in [0.25, 0.3) is 22.2 Å². The summed E-state index contributed by atoms with van der Waals surface area (Å²) in [4.78, 5) is 31.2. The molecule has 1 amide bonds. The van der Waals surface area contributed by atoms with Crippen LogP contribution in [0, 0.1) is 10.1 Å². The van der Waals surface area contributed by atoms with E-state index in [2.05, 4.69) is 20.6 Å². The topological polar surface area (TPSA) is 163 Å². The molecule has 0 bridgehead atoms. The summed E-state index contributed by atoms with van der Waals surface area (Å²) in [6.45, 7) is -0.0435. The van der Waals surface area contributed by atoms with E-state index in [1.807, 2.05) is 36.0 Å². The lowest BCUT2D eigenvalue weighted by Gasteiger charge is -2.17. The number of carbonyl (C=O) groups is 1. The van der Waals surface area contributed by atoms with Crippen LogP contribution in [0.2, 0.25) is 0 Å². The van der Waals surface area contributed by atoms with Crippen LogP contribution in [0.15, 0.2) is 48.8 Å². The van der Waals surface area contributed by atoms with Crippen LogP contribution in [-0.4, -0.2) is 57.0 Å². The Hall–Kier alpha value is -5.07. The number of aryl methyl sites for hydroxylation is 1. The predicted molar refractivity (Wildman–Crippen MR) is 142 cm³/mol. The third kappa shape index (κ3) is 5.19. The molecule has 0 radical (unpaired) electrons. The minimum absolute atomic E-state index is 0.0401. The van der Waals surface area contributed by atoms with E-state index in [4.69, 9.17) is 19.3 Å². The summed E-state index contributed by atoms with van der Waals surface area (Å²) in [6.07, 6.45) is 3.55. The Labute approximate surface area is 222 Å². The van der Waals surface area contributed by atoms with Gasteiger partial charge in [-0.2, -0.15) is 0 Å². The highest BCUT2D eigenvalue weighted by atomic mass is 16.6. The molecule has 2 aromatic carbocycles. The molecule has 5 rings (SSSR count). The zero-order valence-electron chi connectivity index (χ0n) is 21.4. The lowest BCUT2D eigenvalue weighted by Crippen LogP contribution is -2.40. The van der Waals surface area contributed by atoms with Crippen molar-refractivity contribution in [2.45, 2.75) is 18.4 Å². The molecule has 1 saturated carbocycles. The molecule has 0 saturated heterocycles. The maximum Gasteiger partial charge on any atom is 0.405 e. The van der Waals surface area contributed by atoms with Gasteiger partial charge in [0.1, 0.15) is 18.1 Å². The smallest absolute Gasteiger partial charge is 0.405 e. The van der Waals surface area contributed by atoms with Gasteiger partial charge in [-0.25, -0.2) is 14.8 Å². The number of benzene rings is 2. The van der Waals surface area contributed by atoms with Gasteiger partial charge in [-0.1, -0.05) is 0 Å². The first-order valence-corrected chi connectivity index (χ1v) is 12.0. The molecule has 4 aromatic rings. The van der Waals surface area contributed by atoms with E-state index >= 15 is 0 Å². The van der Waals surface area contributed by atoms with Crippen molar-refractivity contribution in [2.24, 2.45) is 7.05 Å². The van der Waals surface area contributed by atoms with Gasteiger partial charge in [0, 0.05) is 48.6 Å². The molecule has 0 atom stereocenters. The van der Waals surface area contributed by atoms with Crippen LogP contribution in [0.4, 0.5) is 22.1 Å². The molecule has 3 N–H and O–H groups in total. The van der Waals surface area contributed by atoms with E-state index in [1.54, 1.807) is 19.4 Å². The zero-order valence-corrected chi connectivity index (χ0v) is 21.4. The molecule has 0 aliphatic heterocycles. The van der Waals surface area contributed by atoms with E-state index in [1.165, 1.54) is 19.2 Å². The summed E-state index contributed by atoms with van der Waals surface area (Å²) >= 11 is 0. The first kappa shape index (κ1) is 25.6. The number of fused-ring (bicyclic) bond motifs is 1. The molecule has 1 fully saturated rings. The van der Waals surface area contributed by atoms with Gasteiger partial charge in [0.05, 0.1) is 41.6 Å². The minimum atomic E-state index is -1.17. The normalized spacial score (nSPS) is 13.5. The number of anilines is 2. The molecular weight excluding hydrogens is 508 g/mol. The van der Waals surface area contributed by atoms with Crippen molar-refractivity contribution >= 4 is 34.3 Å². The second-order valence-electron chi connectivity index (χ2n) is 9.20. The Bertz CT molecular complexity index is 1580. The fourth-order valence-corrected chi connectivity index (χ4v) is 4.36. The first-order chi connectivity index (χ1) is 18.7. The van der Waals surface area contributed by atoms with Crippen LogP contribution in [0.5, 0.6) is 17.2 Å². The van der Waals surface area contributed by atoms with Gasteiger partial charge < -0.3 is 34.5 Å². The standard InChI is InChI=1S/C26H26N6O7/c1-31-13-17(16-5-4-15(37-2)10-20(16)31)18-6-9-27-24(28-18)29-19-11-21(32(35)36)23(12-22(19)38-3)39-14-26(7-8-26)30-25(33)34/h4-6,9-13,30H,7-8,14H2,1-3H3,(H,33,34)(H,27,28,29). The lowest BCUT2D eigenvalue weighted by atomic mass is 10.1. The largest absolute Gasteiger partial charge is 0.497 e. The third-order valence-electron chi connectivity index (χ3n) is 6.58. The zero-order chi connectivity index (χ0) is 27.7. The van der Waals surface area contributed by atoms with Crippen molar-refractivity contribution < 1.29 is 29.0 Å². The Balaban J connectivity index is 1.44. The summed E-state index contributed by atoms with van der Waals surface area (Å²) in [5.74, 6) is 1.17. The quantitative estimate of drug-likeness (QED) is 0.195. The maximum absolute atomic E-state index is 11.9. The Kier molecular flexibility index (Phi) is 6.56. The van der Waals surface area contributed by atoms with E-state index in [0.717, 1.165) is 22.2 Å². The number of nitrogens with zero attached hydrogens (tertiary/aromatic N) is 4. The number of ether oxygens (including phenoxy) is 3. The maximum atomic E-state index is 11.9. The van der Waals surface area contributed by atoms with Crippen molar-refractivity contribution in [3.63, 3.8) is 0 Å². The number of methoxy groups -OCH3 is 2. The summed E-state index contributed by atoms with van der Waals surface area (Å²) < 4.78 is 18.5. The van der Waals surface area contributed by atoms with Gasteiger partial charge in [-0.3, -0.25) is 10.1 Å². The van der Waals surface area contributed by atoms with Gasteiger partial charge in [0.15, 0.2) is 0 Å². The second kappa shape index (κ2) is 10.0. The van der Waals surface area contributed by atoms with Crippen LogP contribution in [0.1, 0.15) is 12.8 Å². The van der Waals surface area contributed by atoms with E-state index in [-0.39, 0.29) is 35.4 Å². The summed E-state index contributed by atoms with van der Waals surface area (Å²) in [7, 11) is 4.97. The highest BCUT2D eigenvalue weighted by Gasteiger charge is 2.45. The van der Waals surface area contributed by atoms with Crippen LogP contribution in [-0.2, 0) is 7.05 Å². The van der Waals surface area contributed by atoms with Crippen molar-refractivity contribution in [1.82, 2.24) is 19.9 Å². The number of aromatic nitrogens is 3. The van der Waals surface area contributed by atoms with Crippen molar-refractivity contribution in [2.75, 3.05) is 26.1 Å². The summed E-state index contributed by atoms with van der Waals surface area (Å²) in [5.41, 5.74) is 1.70. The number of carboxylic acid groups (broad SMARTS) is 1. The number of hydrogen-bond acceptors (Lipinski definition) is 9. The molecule has 1 aliphatic carbocycles. The van der Waals surface area contributed by atoms with Crippen molar-refractivity contribution in [3.05, 3.63) is 58.9 Å². The second-order valence-corrected chi connectivity index (χ2v) is 9.20. The molecule has 0 spiro atoms. The number of nitro groups is 1. The minimum Gasteiger partial charge on any atom is -0.497 e. The van der Waals surface area contributed by atoms with E-state index < -0.39 is 16.6 Å². The SMILES string of the molecule is COc1ccc2c(-c3ccnc(Nc4cc([N+](=O)[O-])c(OCC5(NC(=O)O)CC5)cc4OC)n3)cn(C)c2c1. The summed E-state index contributed by atoms with van der Waals surface area (Å²) in [6, 6.07) is 10.2. The Morgan fingerprint density at radius 2 is 1.97 bits per heavy atom. The average molecular weight is 535 g/mol. The third-order valence-corrected chi connectivity index (χ3v) is 6.58. The van der Waals surface area contributed by atoms with Crippen LogP contribution in [0.3, 0.4) is 0 Å². The average Bonchev–Trinajstić information content (AvgIpc) is 3.60. The highest BCUT2D eigenvalue weighted by molar-refractivity contribution is 5.96. The van der Waals surface area contributed by atoms with Gasteiger partial charge >= 0.3 is 11.8 Å². The Morgan fingerprint density at radius 3 is 2.64 bits per heavy atom. The molecule has 2 heterocycles. The van der Waals surface area contributed by atoms with Crippen LogP contribution < -0.4 is 24.8 Å². The van der Waals surface area contributed by atoms with Gasteiger partial charge in [-0.05, 0) is 31.0 Å². The van der Waals surface area contributed by atoms with Crippen molar-refractivity contribution in [3.8, 4) is 28.5 Å². The first-order valence-electron chi connectivity index (χ1n) is 12.0. The molecule has 0 unspecified atom stereocenters. The highest BCUT2D eigenvalue weighted by Crippen LogP contribution is 2.41. The summed E-state index contributed by atoms with van der Waals surface area (Å²) in [5, 5.41) is 27.3. The van der Waals surface area contributed by atoms with Gasteiger partial charge in [0.25, 0.3) is 0 Å². The number of rotatable bonds is 10. The number of nitro benzene ring substituents is 1. The molecule has 39 heavy (non-hydrogen) atoms. The fourth-order valence-electron chi connectivity index (χ4n) is 4.36. The van der Waals surface area contributed by atoms with E-state index in [9.17, 15) is 14.9 Å². The molecule has 13 nitrogen and oxygen atoms in total. The monoisotopic (exact) mass is 534 g/mol. The van der Waals surface area contributed by atoms with Gasteiger partial charge in [-0.15, -0.1) is 0 Å². The van der Waals surface area contributed by atoms with Crippen LogP contribution >= 0.6 is 0 Å².